The minimum atomic E-state index is 0.0791. The fourth-order valence-corrected chi connectivity index (χ4v) is 2.62. The van der Waals surface area contributed by atoms with Crippen LogP contribution in [0.4, 0.5) is 11.4 Å². The first-order valence-electron chi connectivity index (χ1n) is 6.75. The molecule has 0 radical (unpaired) electrons. The summed E-state index contributed by atoms with van der Waals surface area (Å²) in [4.78, 5) is 1.99. The summed E-state index contributed by atoms with van der Waals surface area (Å²) in [5.41, 5.74) is 3.67. The normalized spacial score (nSPS) is 11.6. The summed E-state index contributed by atoms with van der Waals surface area (Å²) in [6.07, 6.45) is 0. The maximum atomic E-state index is 8.99. The predicted octanol–water partition coefficient (Wildman–Crippen LogP) is 4.45. The molecule has 0 aliphatic rings. The highest BCUT2D eigenvalue weighted by Gasteiger charge is 2.12. The second-order valence-corrected chi connectivity index (χ2v) is 5.54. The van der Waals surface area contributed by atoms with E-state index in [2.05, 4.69) is 18.3 Å². The average molecular weight is 300 g/mol. The molecule has 2 rings (SSSR count). The Labute approximate surface area is 130 Å². The standard InChI is InChI=1S/C17H18ClN3/c1-12(14-7-4-6-13(10-14)11-19)20-16-9-5-8-15(18)17(16)21(2)3/h4-10,12,20H,1-3H3. The van der Waals surface area contributed by atoms with Crippen molar-refractivity contribution in [2.75, 3.05) is 24.3 Å². The van der Waals surface area contributed by atoms with Crippen LogP contribution in [0.3, 0.4) is 0 Å². The van der Waals surface area contributed by atoms with Gasteiger partial charge in [-0.15, -0.1) is 0 Å². The number of anilines is 2. The van der Waals surface area contributed by atoms with Crippen LogP contribution < -0.4 is 10.2 Å². The number of rotatable bonds is 4. The highest BCUT2D eigenvalue weighted by atomic mass is 35.5. The van der Waals surface area contributed by atoms with E-state index in [4.69, 9.17) is 16.9 Å². The van der Waals surface area contributed by atoms with Crippen LogP contribution in [-0.4, -0.2) is 14.1 Å². The largest absolute Gasteiger partial charge is 0.377 e. The maximum Gasteiger partial charge on any atom is 0.0991 e. The lowest BCUT2D eigenvalue weighted by Crippen LogP contribution is -2.14. The molecule has 1 atom stereocenters. The Morgan fingerprint density at radius 3 is 2.57 bits per heavy atom. The van der Waals surface area contributed by atoms with Crippen molar-refractivity contribution in [3.8, 4) is 6.07 Å². The lowest BCUT2D eigenvalue weighted by atomic mass is 10.1. The molecule has 0 fully saturated rings. The van der Waals surface area contributed by atoms with Gasteiger partial charge in [-0.3, -0.25) is 0 Å². The van der Waals surface area contributed by atoms with Crippen LogP contribution in [0.25, 0.3) is 0 Å². The van der Waals surface area contributed by atoms with Gasteiger partial charge in [-0.1, -0.05) is 29.8 Å². The van der Waals surface area contributed by atoms with Crippen molar-refractivity contribution < 1.29 is 0 Å². The zero-order chi connectivity index (χ0) is 15.4. The zero-order valence-corrected chi connectivity index (χ0v) is 13.1. The number of nitrogens with zero attached hydrogens (tertiary/aromatic N) is 2. The van der Waals surface area contributed by atoms with Crippen LogP contribution in [0.5, 0.6) is 0 Å². The molecule has 0 saturated carbocycles. The quantitative estimate of drug-likeness (QED) is 0.906. The molecule has 0 heterocycles. The van der Waals surface area contributed by atoms with Gasteiger partial charge in [-0.05, 0) is 36.8 Å². The molecule has 3 nitrogen and oxygen atoms in total. The Kier molecular flexibility index (Phi) is 4.72. The maximum absolute atomic E-state index is 8.99. The molecule has 2 aromatic rings. The molecule has 0 spiro atoms. The molecule has 0 bridgehead atoms. The molecule has 0 saturated heterocycles. The van der Waals surface area contributed by atoms with E-state index in [-0.39, 0.29) is 6.04 Å². The first-order chi connectivity index (χ1) is 10.0. The Balaban J connectivity index is 2.30. The smallest absolute Gasteiger partial charge is 0.0991 e. The molecule has 108 valence electrons. The van der Waals surface area contributed by atoms with Crippen molar-refractivity contribution in [2.24, 2.45) is 0 Å². The molecular formula is C17H18ClN3. The number of halogens is 1. The Morgan fingerprint density at radius 1 is 1.19 bits per heavy atom. The van der Waals surface area contributed by atoms with Crippen LogP contribution in [0.2, 0.25) is 5.02 Å². The molecule has 0 aliphatic heterocycles. The van der Waals surface area contributed by atoms with Gasteiger partial charge in [-0.2, -0.15) is 5.26 Å². The van der Waals surface area contributed by atoms with Crippen molar-refractivity contribution in [1.82, 2.24) is 0 Å². The summed E-state index contributed by atoms with van der Waals surface area (Å²) in [6, 6.07) is 15.7. The highest BCUT2D eigenvalue weighted by molar-refractivity contribution is 6.34. The van der Waals surface area contributed by atoms with Gasteiger partial charge in [0.1, 0.15) is 0 Å². The summed E-state index contributed by atoms with van der Waals surface area (Å²) in [5, 5.41) is 13.2. The van der Waals surface area contributed by atoms with Gasteiger partial charge in [-0.25, -0.2) is 0 Å². The molecule has 0 amide bonds. The lowest BCUT2D eigenvalue weighted by molar-refractivity contribution is 0.882. The van der Waals surface area contributed by atoms with E-state index in [1.807, 2.05) is 55.4 Å². The van der Waals surface area contributed by atoms with Crippen LogP contribution in [0.15, 0.2) is 42.5 Å². The van der Waals surface area contributed by atoms with E-state index >= 15 is 0 Å². The predicted molar refractivity (Wildman–Crippen MR) is 89.0 cm³/mol. The lowest BCUT2D eigenvalue weighted by Gasteiger charge is -2.23. The van der Waals surface area contributed by atoms with Gasteiger partial charge >= 0.3 is 0 Å². The van der Waals surface area contributed by atoms with Crippen LogP contribution >= 0.6 is 11.6 Å². The minimum absolute atomic E-state index is 0.0791. The monoisotopic (exact) mass is 299 g/mol. The molecule has 2 aromatic carbocycles. The topological polar surface area (TPSA) is 39.1 Å². The van der Waals surface area contributed by atoms with Crippen molar-refractivity contribution in [2.45, 2.75) is 13.0 Å². The van der Waals surface area contributed by atoms with E-state index in [1.54, 1.807) is 6.07 Å². The number of benzene rings is 2. The van der Waals surface area contributed by atoms with Gasteiger partial charge in [0.15, 0.2) is 0 Å². The fraction of sp³-hybridized carbons (Fsp3) is 0.235. The van der Waals surface area contributed by atoms with Gasteiger partial charge < -0.3 is 10.2 Å². The van der Waals surface area contributed by atoms with E-state index in [0.717, 1.165) is 16.9 Å². The average Bonchev–Trinajstić information content (AvgIpc) is 2.47. The number of nitrogens with one attached hydrogen (secondary N) is 1. The second kappa shape index (κ2) is 6.51. The van der Waals surface area contributed by atoms with Crippen molar-refractivity contribution in [3.05, 3.63) is 58.6 Å². The van der Waals surface area contributed by atoms with E-state index in [1.165, 1.54) is 0 Å². The summed E-state index contributed by atoms with van der Waals surface area (Å²) in [7, 11) is 3.93. The number of para-hydroxylation sites is 1. The van der Waals surface area contributed by atoms with E-state index < -0.39 is 0 Å². The van der Waals surface area contributed by atoms with Crippen LogP contribution in [0.1, 0.15) is 24.1 Å². The van der Waals surface area contributed by atoms with Gasteiger partial charge in [0.2, 0.25) is 0 Å². The number of hydrogen-bond acceptors (Lipinski definition) is 3. The van der Waals surface area contributed by atoms with Crippen LogP contribution in [-0.2, 0) is 0 Å². The molecular weight excluding hydrogens is 282 g/mol. The minimum Gasteiger partial charge on any atom is -0.377 e. The van der Waals surface area contributed by atoms with Gasteiger partial charge in [0.05, 0.1) is 28.0 Å². The third-order valence-electron chi connectivity index (χ3n) is 3.32. The van der Waals surface area contributed by atoms with E-state index in [0.29, 0.717) is 10.6 Å². The van der Waals surface area contributed by atoms with Gasteiger partial charge in [0, 0.05) is 20.1 Å². The molecule has 1 N–H and O–H groups in total. The van der Waals surface area contributed by atoms with Crippen molar-refractivity contribution >= 4 is 23.0 Å². The Hall–Kier alpha value is -2.18. The van der Waals surface area contributed by atoms with Crippen molar-refractivity contribution in [1.29, 1.82) is 5.26 Å². The summed E-state index contributed by atoms with van der Waals surface area (Å²) in [5.74, 6) is 0. The fourth-order valence-electron chi connectivity index (χ4n) is 2.28. The molecule has 0 aromatic heterocycles. The Bertz CT molecular complexity index is 674. The molecule has 21 heavy (non-hydrogen) atoms. The first-order valence-corrected chi connectivity index (χ1v) is 7.13. The summed E-state index contributed by atoms with van der Waals surface area (Å²) in [6.45, 7) is 2.07. The van der Waals surface area contributed by atoms with Crippen molar-refractivity contribution in [3.63, 3.8) is 0 Å². The highest BCUT2D eigenvalue weighted by Crippen LogP contribution is 2.34. The second-order valence-electron chi connectivity index (χ2n) is 5.13. The first kappa shape index (κ1) is 15.2. The zero-order valence-electron chi connectivity index (χ0n) is 12.4. The van der Waals surface area contributed by atoms with Crippen LogP contribution in [0, 0.1) is 11.3 Å². The molecule has 4 heteroatoms. The van der Waals surface area contributed by atoms with E-state index in [9.17, 15) is 0 Å². The Morgan fingerprint density at radius 2 is 1.90 bits per heavy atom. The number of nitriles is 1. The molecule has 1 unspecified atom stereocenters. The third-order valence-corrected chi connectivity index (χ3v) is 3.63. The summed E-state index contributed by atoms with van der Waals surface area (Å²) >= 11 is 6.28. The van der Waals surface area contributed by atoms with Gasteiger partial charge in [0.25, 0.3) is 0 Å². The number of hydrogen-bond donors (Lipinski definition) is 1. The molecule has 0 aliphatic carbocycles. The SMILES string of the molecule is CC(Nc1cccc(Cl)c1N(C)C)c1cccc(C#N)c1. The third kappa shape index (κ3) is 3.48. The summed E-state index contributed by atoms with van der Waals surface area (Å²) < 4.78 is 0.